The Morgan fingerprint density at radius 2 is 2.10 bits per heavy atom. The van der Waals surface area contributed by atoms with Gasteiger partial charge in [-0.3, -0.25) is 4.79 Å². The third kappa shape index (κ3) is 4.68. The molecule has 0 amide bonds. The number of hydrogen-bond donors (Lipinski definition) is 2. The average molecular weight is 162 g/mol. The van der Waals surface area contributed by atoms with E-state index in [1.165, 1.54) is 0 Å². The summed E-state index contributed by atoms with van der Waals surface area (Å²) in [6, 6.07) is 0. The van der Waals surface area contributed by atoms with Crippen molar-refractivity contribution in [3.8, 4) is 0 Å². The first-order valence-corrected chi connectivity index (χ1v) is 3.73. The molecule has 1 atom stereocenters. The third-order valence-corrected chi connectivity index (χ3v) is 1.41. The van der Waals surface area contributed by atoms with Crippen molar-refractivity contribution in [2.45, 2.75) is 31.9 Å². The van der Waals surface area contributed by atoms with Crippen LogP contribution >= 0.6 is 12.6 Å². The van der Waals surface area contributed by atoms with Crippen LogP contribution in [0, 0.1) is 5.92 Å². The van der Waals surface area contributed by atoms with Crippen molar-refractivity contribution in [3.05, 3.63) is 0 Å². The maximum absolute atomic E-state index is 10.3. The Hall–Kier alpha value is -0.180. The number of carboxylic acids is 1. The largest absolute Gasteiger partial charge is 0.481 e. The van der Waals surface area contributed by atoms with Crippen LogP contribution < -0.4 is 0 Å². The van der Waals surface area contributed by atoms with Crippen molar-refractivity contribution < 1.29 is 9.90 Å². The van der Waals surface area contributed by atoms with Crippen LogP contribution in [0.2, 0.25) is 0 Å². The lowest BCUT2D eigenvalue weighted by Gasteiger charge is -2.19. The van der Waals surface area contributed by atoms with Crippen molar-refractivity contribution in [1.82, 2.24) is 0 Å². The van der Waals surface area contributed by atoms with E-state index in [-0.39, 0.29) is 10.7 Å². The van der Waals surface area contributed by atoms with Gasteiger partial charge in [0.1, 0.15) is 0 Å². The van der Waals surface area contributed by atoms with E-state index < -0.39 is 5.97 Å². The summed E-state index contributed by atoms with van der Waals surface area (Å²) in [5.41, 5.74) is 0. The predicted octanol–water partition coefficient (Wildman–Crippen LogP) is 1.81. The highest BCUT2D eigenvalue weighted by atomic mass is 32.1. The van der Waals surface area contributed by atoms with Crippen molar-refractivity contribution in [2.24, 2.45) is 5.92 Å². The number of carboxylic acid groups (broad SMARTS) is 1. The van der Waals surface area contributed by atoms with Gasteiger partial charge in [-0.05, 0) is 6.42 Å². The summed E-state index contributed by atoms with van der Waals surface area (Å²) in [4.78, 5) is 10.3. The maximum Gasteiger partial charge on any atom is 0.306 e. The topological polar surface area (TPSA) is 37.3 Å². The van der Waals surface area contributed by atoms with E-state index in [4.69, 9.17) is 5.11 Å². The van der Waals surface area contributed by atoms with Crippen LogP contribution in [0.15, 0.2) is 0 Å². The number of carbonyl (C=O) groups is 1. The molecular weight excluding hydrogens is 148 g/mol. The summed E-state index contributed by atoms with van der Waals surface area (Å²) in [6.45, 7) is 5.52. The third-order valence-electron chi connectivity index (χ3n) is 1.23. The van der Waals surface area contributed by atoms with E-state index >= 15 is 0 Å². The fourth-order valence-corrected chi connectivity index (χ4v) is 1.11. The van der Waals surface area contributed by atoms with Gasteiger partial charge in [-0.15, -0.1) is 0 Å². The molecule has 0 spiro atoms. The van der Waals surface area contributed by atoms with Gasteiger partial charge in [0.05, 0.1) is 5.92 Å². The maximum atomic E-state index is 10.3. The number of aliphatic carboxylic acids is 1. The van der Waals surface area contributed by atoms with Crippen LogP contribution in [-0.4, -0.2) is 15.8 Å². The van der Waals surface area contributed by atoms with E-state index in [0.717, 1.165) is 0 Å². The Labute approximate surface area is 67.0 Å². The highest BCUT2D eigenvalue weighted by Gasteiger charge is 2.20. The lowest BCUT2D eigenvalue weighted by molar-refractivity contribution is -0.141. The zero-order valence-corrected chi connectivity index (χ0v) is 7.48. The van der Waals surface area contributed by atoms with E-state index in [1.54, 1.807) is 6.92 Å². The molecule has 0 aliphatic rings. The normalized spacial score (nSPS) is 14.8. The number of hydrogen-bond acceptors (Lipinski definition) is 2. The smallest absolute Gasteiger partial charge is 0.306 e. The van der Waals surface area contributed by atoms with E-state index in [9.17, 15) is 4.79 Å². The van der Waals surface area contributed by atoms with Crippen LogP contribution in [-0.2, 0) is 4.79 Å². The second-order valence-electron chi connectivity index (χ2n) is 3.26. The van der Waals surface area contributed by atoms with Crippen molar-refractivity contribution >= 4 is 18.6 Å². The molecule has 0 rings (SSSR count). The molecule has 0 aliphatic carbocycles. The van der Waals surface area contributed by atoms with Crippen molar-refractivity contribution in [1.29, 1.82) is 0 Å². The Morgan fingerprint density at radius 1 is 1.70 bits per heavy atom. The summed E-state index contributed by atoms with van der Waals surface area (Å²) in [5, 5.41) is 8.51. The van der Waals surface area contributed by atoms with Crippen molar-refractivity contribution in [3.63, 3.8) is 0 Å². The number of thiol groups is 1. The van der Waals surface area contributed by atoms with Gasteiger partial charge in [-0.1, -0.05) is 20.8 Å². The molecule has 0 saturated carbocycles. The van der Waals surface area contributed by atoms with Gasteiger partial charge in [-0.2, -0.15) is 12.6 Å². The van der Waals surface area contributed by atoms with Gasteiger partial charge >= 0.3 is 5.97 Å². The molecule has 0 radical (unpaired) electrons. The second-order valence-corrected chi connectivity index (χ2v) is 4.47. The molecule has 0 bridgehead atoms. The molecule has 1 N–H and O–H groups in total. The zero-order valence-electron chi connectivity index (χ0n) is 6.59. The highest BCUT2D eigenvalue weighted by molar-refractivity contribution is 7.81. The van der Waals surface area contributed by atoms with E-state index in [2.05, 4.69) is 12.6 Å². The minimum absolute atomic E-state index is 0.183. The quantitative estimate of drug-likeness (QED) is 0.621. The first kappa shape index (κ1) is 9.82. The lowest BCUT2D eigenvalue weighted by atomic mass is 9.98. The van der Waals surface area contributed by atoms with Gasteiger partial charge < -0.3 is 5.11 Å². The molecule has 60 valence electrons. The molecule has 2 nitrogen and oxygen atoms in total. The molecule has 1 unspecified atom stereocenters. The Morgan fingerprint density at radius 3 is 2.20 bits per heavy atom. The average Bonchev–Trinajstić information content (AvgIpc) is 1.60. The SMILES string of the molecule is CC(CC(C)(C)S)C(=O)O. The summed E-state index contributed by atoms with van der Waals surface area (Å²) in [7, 11) is 0. The van der Waals surface area contributed by atoms with Gasteiger partial charge in [0.2, 0.25) is 0 Å². The van der Waals surface area contributed by atoms with Crippen LogP contribution in [0.1, 0.15) is 27.2 Å². The molecule has 10 heavy (non-hydrogen) atoms. The Kier molecular flexibility index (Phi) is 3.22. The predicted molar refractivity (Wildman–Crippen MR) is 44.5 cm³/mol. The van der Waals surface area contributed by atoms with Crippen LogP contribution in [0.3, 0.4) is 0 Å². The van der Waals surface area contributed by atoms with Crippen LogP contribution in [0.25, 0.3) is 0 Å². The molecule has 3 heteroatoms. The molecule has 0 saturated heterocycles. The fourth-order valence-electron chi connectivity index (χ4n) is 0.837. The van der Waals surface area contributed by atoms with Gasteiger partial charge in [0, 0.05) is 4.75 Å². The Bertz CT molecular complexity index is 126. The molecule has 0 aliphatic heterocycles. The number of rotatable bonds is 3. The molecule has 0 heterocycles. The summed E-state index contributed by atoms with van der Waals surface area (Å²) in [6.07, 6.45) is 0.603. The minimum atomic E-state index is -0.748. The highest BCUT2D eigenvalue weighted by Crippen LogP contribution is 2.22. The molecule has 0 aromatic heterocycles. The van der Waals surface area contributed by atoms with Crippen LogP contribution in [0.5, 0.6) is 0 Å². The van der Waals surface area contributed by atoms with E-state index in [1.807, 2.05) is 13.8 Å². The first-order chi connectivity index (χ1) is 4.33. The monoisotopic (exact) mass is 162 g/mol. The lowest BCUT2D eigenvalue weighted by Crippen LogP contribution is -2.20. The van der Waals surface area contributed by atoms with Gasteiger partial charge in [0.25, 0.3) is 0 Å². The molecule has 0 aromatic rings. The van der Waals surface area contributed by atoms with E-state index in [0.29, 0.717) is 6.42 Å². The Balaban J connectivity index is 3.80. The first-order valence-electron chi connectivity index (χ1n) is 3.28. The molecule has 0 aromatic carbocycles. The summed E-state index contributed by atoms with van der Waals surface area (Å²) >= 11 is 4.23. The van der Waals surface area contributed by atoms with Gasteiger partial charge in [-0.25, -0.2) is 0 Å². The zero-order chi connectivity index (χ0) is 8.36. The molecule has 0 fully saturated rings. The van der Waals surface area contributed by atoms with Gasteiger partial charge in [0.15, 0.2) is 0 Å². The second kappa shape index (κ2) is 3.28. The standard InChI is InChI=1S/C7H14O2S/c1-5(6(8)9)4-7(2,3)10/h5,10H,4H2,1-3H3,(H,8,9). The van der Waals surface area contributed by atoms with Crippen LogP contribution in [0.4, 0.5) is 0 Å². The van der Waals surface area contributed by atoms with Crippen molar-refractivity contribution in [2.75, 3.05) is 0 Å². The summed E-state index contributed by atoms with van der Waals surface area (Å²) < 4.78 is -0.183. The summed E-state index contributed by atoms with van der Waals surface area (Å²) in [5.74, 6) is -1.05. The fraction of sp³-hybridized carbons (Fsp3) is 0.857. The molecular formula is C7H14O2S. The minimum Gasteiger partial charge on any atom is -0.481 e.